The Hall–Kier alpha value is -2.36. The number of benzene rings is 1. The van der Waals surface area contributed by atoms with E-state index in [1.807, 2.05) is 0 Å². The number of halogens is 2. The van der Waals surface area contributed by atoms with Crippen LogP contribution in [0.4, 0.5) is 0 Å². The van der Waals surface area contributed by atoms with Gasteiger partial charge in [-0.25, -0.2) is 8.42 Å². The van der Waals surface area contributed by atoms with Gasteiger partial charge < -0.3 is 15.7 Å². The first kappa shape index (κ1) is 22.9. The van der Waals surface area contributed by atoms with Crippen LogP contribution in [0.25, 0.3) is 0 Å². The number of phenolic OH excluding ortho intramolecular Hbond substituents is 1. The lowest BCUT2D eigenvalue weighted by Crippen LogP contribution is -2.27. The maximum absolute atomic E-state index is 12.2. The maximum atomic E-state index is 12.2. The summed E-state index contributed by atoms with van der Waals surface area (Å²) in [4.78, 5) is 28.2. The molecule has 0 saturated carbocycles. The molecule has 156 valence electrons. The van der Waals surface area contributed by atoms with Gasteiger partial charge in [-0.3, -0.25) is 14.6 Å². The van der Waals surface area contributed by atoms with Crippen molar-refractivity contribution in [3.63, 3.8) is 0 Å². The molecule has 3 N–H and O–H groups in total. The number of hydrogen-bond donors (Lipinski definition) is 3. The van der Waals surface area contributed by atoms with Crippen molar-refractivity contribution in [3.05, 3.63) is 57.3 Å². The van der Waals surface area contributed by atoms with Crippen molar-refractivity contribution >= 4 is 44.9 Å². The van der Waals surface area contributed by atoms with E-state index in [1.165, 1.54) is 24.4 Å². The lowest BCUT2D eigenvalue weighted by Gasteiger charge is -2.09. The third-order valence-electron chi connectivity index (χ3n) is 3.76. The van der Waals surface area contributed by atoms with Crippen molar-refractivity contribution < 1.29 is 23.1 Å². The largest absolute Gasteiger partial charge is 0.506 e. The zero-order chi connectivity index (χ0) is 21.6. The Kier molecular flexibility index (Phi) is 7.83. The number of aromatic nitrogens is 1. The quantitative estimate of drug-likeness (QED) is 0.519. The van der Waals surface area contributed by atoms with E-state index in [9.17, 15) is 23.1 Å². The van der Waals surface area contributed by atoms with Crippen molar-refractivity contribution in [2.45, 2.75) is 13.0 Å². The van der Waals surface area contributed by atoms with Crippen LogP contribution in [0.1, 0.15) is 32.8 Å². The maximum Gasteiger partial charge on any atom is 0.269 e. The number of hydrogen-bond acceptors (Lipinski definition) is 6. The number of sulfone groups is 1. The van der Waals surface area contributed by atoms with Crippen molar-refractivity contribution in [1.82, 2.24) is 15.6 Å². The van der Waals surface area contributed by atoms with Crippen LogP contribution in [0.5, 0.6) is 5.75 Å². The highest BCUT2D eigenvalue weighted by molar-refractivity contribution is 7.90. The number of nitrogens with one attached hydrogen (secondary N) is 2. The Balaban J connectivity index is 1.89. The molecule has 11 heteroatoms. The predicted molar refractivity (Wildman–Crippen MR) is 110 cm³/mol. The minimum atomic E-state index is -3.07. The number of pyridine rings is 1. The van der Waals surface area contributed by atoms with Crippen LogP contribution in [0.3, 0.4) is 0 Å². The van der Waals surface area contributed by atoms with Crippen LogP contribution in [0.2, 0.25) is 10.0 Å². The topological polar surface area (TPSA) is 125 Å². The van der Waals surface area contributed by atoms with Gasteiger partial charge in [-0.2, -0.15) is 0 Å². The van der Waals surface area contributed by atoms with Crippen molar-refractivity contribution in [1.29, 1.82) is 0 Å². The SMILES string of the molecule is CS(=O)(=O)CCCNC(=O)c1ccc(CNC(=O)c2cc(Cl)cc(Cl)c2O)cn1. The minimum Gasteiger partial charge on any atom is -0.506 e. The molecule has 0 radical (unpaired) electrons. The molecule has 29 heavy (non-hydrogen) atoms. The molecule has 0 spiro atoms. The highest BCUT2D eigenvalue weighted by Gasteiger charge is 2.15. The van der Waals surface area contributed by atoms with Crippen LogP contribution in [0, 0.1) is 0 Å². The molecule has 2 aromatic rings. The molecule has 1 heterocycles. The monoisotopic (exact) mass is 459 g/mol. The van der Waals surface area contributed by atoms with Crippen molar-refractivity contribution in [2.75, 3.05) is 18.6 Å². The fraction of sp³-hybridized carbons (Fsp3) is 0.278. The van der Waals surface area contributed by atoms with Gasteiger partial charge in [0, 0.05) is 30.6 Å². The second kappa shape index (κ2) is 9.91. The first-order chi connectivity index (χ1) is 13.6. The molecule has 1 aromatic carbocycles. The normalized spacial score (nSPS) is 11.1. The van der Waals surface area contributed by atoms with E-state index in [4.69, 9.17) is 23.2 Å². The summed E-state index contributed by atoms with van der Waals surface area (Å²) in [6.07, 6.45) is 2.88. The third kappa shape index (κ3) is 7.19. The average molecular weight is 460 g/mol. The van der Waals surface area contributed by atoms with Gasteiger partial charge in [0.05, 0.1) is 16.3 Å². The van der Waals surface area contributed by atoms with Crippen LogP contribution >= 0.6 is 23.2 Å². The van der Waals surface area contributed by atoms with Gasteiger partial charge in [0.2, 0.25) is 0 Å². The van der Waals surface area contributed by atoms with Gasteiger partial charge in [-0.05, 0) is 30.2 Å². The summed E-state index contributed by atoms with van der Waals surface area (Å²) in [6.45, 7) is 0.322. The zero-order valence-corrected chi connectivity index (χ0v) is 17.7. The van der Waals surface area contributed by atoms with E-state index in [1.54, 1.807) is 6.07 Å². The van der Waals surface area contributed by atoms with E-state index in [0.717, 1.165) is 6.26 Å². The van der Waals surface area contributed by atoms with E-state index in [-0.39, 0.29) is 45.9 Å². The van der Waals surface area contributed by atoms with Gasteiger partial charge >= 0.3 is 0 Å². The predicted octanol–water partition coefficient (Wildman–Crippen LogP) is 2.19. The molecule has 0 aliphatic carbocycles. The number of nitrogens with zero attached hydrogens (tertiary/aromatic N) is 1. The minimum absolute atomic E-state index is 0.00721. The average Bonchev–Trinajstić information content (AvgIpc) is 2.65. The molecular formula is C18H19Cl2N3O5S. The fourth-order valence-corrected chi connectivity index (χ4v) is 3.47. The number of phenols is 1. The Bertz CT molecular complexity index is 1010. The zero-order valence-electron chi connectivity index (χ0n) is 15.4. The van der Waals surface area contributed by atoms with Crippen molar-refractivity contribution in [3.8, 4) is 5.75 Å². The Morgan fingerprint density at radius 1 is 1.14 bits per heavy atom. The molecule has 0 fully saturated rings. The summed E-state index contributed by atoms with van der Waals surface area (Å²) in [5.41, 5.74) is 0.735. The van der Waals surface area contributed by atoms with Gasteiger partial charge in [0.1, 0.15) is 21.3 Å². The number of amides is 2. The van der Waals surface area contributed by atoms with Gasteiger partial charge in [-0.1, -0.05) is 29.3 Å². The summed E-state index contributed by atoms with van der Waals surface area (Å²) in [7, 11) is -3.07. The molecule has 0 unspecified atom stereocenters. The third-order valence-corrected chi connectivity index (χ3v) is 5.30. The number of rotatable bonds is 8. The molecule has 0 aliphatic rings. The summed E-state index contributed by atoms with van der Waals surface area (Å²) in [5.74, 6) is -1.37. The molecule has 0 saturated heterocycles. The molecule has 2 rings (SSSR count). The van der Waals surface area contributed by atoms with E-state index in [2.05, 4.69) is 15.6 Å². The van der Waals surface area contributed by atoms with Gasteiger partial charge in [-0.15, -0.1) is 0 Å². The molecule has 0 atom stereocenters. The fourth-order valence-electron chi connectivity index (χ4n) is 2.31. The Labute approximate surface area is 178 Å². The summed E-state index contributed by atoms with van der Waals surface area (Å²) < 4.78 is 22.1. The smallest absolute Gasteiger partial charge is 0.269 e. The molecule has 0 aliphatic heterocycles. The van der Waals surface area contributed by atoms with Crippen molar-refractivity contribution in [2.24, 2.45) is 0 Å². The first-order valence-electron chi connectivity index (χ1n) is 8.44. The second-order valence-corrected chi connectivity index (χ2v) is 9.36. The molecule has 1 aromatic heterocycles. The second-order valence-electron chi connectivity index (χ2n) is 6.26. The summed E-state index contributed by atoms with van der Waals surface area (Å²) >= 11 is 11.6. The van der Waals surface area contributed by atoms with Crippen LogP contribution in [-0.4, -0.2) is 48.9 Å². The van der Waals surface area contributed by atoms with Gasteiger partial charge in [0.25, 0.3) is 11.8 Å². The Morgan fingerprint density at radius 2 is 1.86 bits per heavy atom. The van der Waals surface area contributed by atoms with Crippen LogP contribution in [-0.2, 0) is 16.4 Å². The van der Waals surface area contributed by atoms with E-state index < -0.39 is 21.7 Å². The summed E-state index contributed by atoms with van der Waals surface area (Å²) in [6, 6.07) is 5.72. The molecular weight excluding hydrogens is 441 g/mol. The first-order valence-corrected chi connectivity index (χ1v) is 11.3. The highest BCUT2D eigenvalue weighted by atomic mass is 35.5. The van der Waals surface area contributed by atoms with E-state index in [0.29, 0.717) is 12.0 Å². The van der Waals surface area contributed by atoms with Crippen LogP contribution < -0.4 is 10.6 Å². The molecule has 2 amide bonds. The summed E-state index contributed by atoms with van der Waals surface area (Å²) in [5, 5.41) is 15.3. The highest BCUT2D eigenvalue weighted by Crippen LogP contribution is 2.31. The van der Waals surface area contributed by atoms with Crippen LogP contribution in [0.15, 0.2) is 30.5 Å². The Morgan fingerprint density at radius 3 is 2.48 bits per heavy atom. The molecule has 8 nitrogen and oxygen atoms in total. The lowest BCUT2D eigenvalue weighted by molar-refractivity contribution is 0.0938. The lowest BCUT2D eigenvalue weighted by atomic mass is 10.1. The van der Waals surface area contributed by atoms with Gasteiger partial charge in [0.15, 0.2) is 0 Å². The van der Waals surface area contributed by atoms with E-state index >= 15 is 0 Å². The standard InChI is InChI=1S/C18H19Cl2N3O5S/c1-29(27,28)6-2-5-21-18(26)15-4-3-11(9-22-15)10-23-17(25)13-7-12(19)8-14(20)16(13)24/h3-4,7-9,24H,2,5-6,10H2,1H3,(H,21,26)(H,23,25). The number of aromatic hydroxyl groups is 1. The number of carbonyl (C=O) groups excluding carboxylic acids is 2. The molecule has 0 bridgehead atoms. The number of carbonyl (C=O) groups is 2.